The largest absolute Gasteiger partial charge is 0.368 e. The predicted octanol–water partition coefficient (Wildman–Crippen LogP) is 4.76. The first-order valence-electron chi connectivity index (χ1n) is 12.3. The molecule has 0 bridgehead atoms. The van der Waals surface area contributed by atoms with E-state index >= 15 is 0 Å². The Hall–Kier alpha value is -4.20. The van der Waals surface area contributed by atoms with Crippen molar-refractivity contribution in [2.24, 2.45) is 0 Å². The molecule has 0 aliphatic carbocycles. The molecule has 2 heterocycles. The summed E-state index contributed by atoms with van der Waals surface area (Å²) in [5, 5.41) is 9.18. The number of hydrogen-bond donors (Lipinski definition) is 2. The molecule has 0 fully saturated rings. The number of benzene rings is 2. The van der Waals surface area contributed by atoms with Crippen LogP contribution in [0.5, 0.6) is 0 Å². The van der Waals surface area contributed by atoms with Gasteiger partial charge in [-0.15, -0.1) is 0 Å². The average Bonchev–Trinajstić information content (AvgIpc) is 3.42. The maximum Gasteiger partial charge on any atom is 0.219 e. The van der Waals surface area contributed by atoms with E-state index in [0.29, 0.717) is 25.0 Å². The van der Waals surface area contributed by atoms with Gasteiger partial charge < -0.3 is 11.5 Å². The number of nitrogens with zero attached hydrogens (tertiary/aromatic N) is 6. The summed E-state index contributed by atoms with van der Waals surface area (Å²) in [4.78, 5) is 8.87. The van der Waals surface area contributed by atoms with Gasteiger partial charge in [-0.3, -0.25) is 0 Å². The van der Waals surface area contributed by atoms with Crippen molar-refractivity contribution in [1.82, 2.24) is 29.5 Å². The van der Waals surface area contributed by atoms with E-state index in [-0.39, 0.29) is 0 Å². The zero-order valence-corrected chi connectivity index (χ0v) is 20.7. The minimum absolute atomic E-state index is 0.452. The Labute approximate surface area is 212 Å². The van der Waals surface area contributed by atoms with Gasteiger partial charge in [0.15, 0.2) is 11.6 Å². The van der Waals surface area contributed by atoms with Crippen molar-refractivity contribution in [1.29, 1.82) is 0 Å². The minimum Gasteiger partial charge on any atom is -0.368 e. The number of aryl methyl sites for hydroxylation is 2. The molecule has 8 nitrogen and oxygen atoms in total. The summed E-state index contributed by atoms with van der Waals surface area (Å²) < 4.78 is 3.52. The molecule has 4 N–H and O–H groups in total. The van der Waals surface area contributed by atoms with E-state index in [1.165, 1.54) is 0 Å². The van der Waals surface area contributed by atoms with Crippen LogP contribution in [0, 0.1) is 0 Å². The van der Waals surface area contributed by atoms with Crippen LogP contribution in [-0.4, -0.2) is 29.5 Å². The summed E-state index contributed by atoms with van der Waals surface area (Å²) in [7, 11) is 0. The molecule has 2 aromatic carbocycles. The van der Waals surface area contributed by atoms with Gasteiger partial charge in [-0.05, 0) is 35.1 Å². The Bertz CT molecular complexity index is 1180. The Morgan fingerprint density at radius 3 is 1.36 bits per heavy atom. The molecular formula is C28H34N8. The Morgan fingerprint density at radius 1 is 0.611 bits per heavy atom. The lowest BCUT2D eigenvalue weighted by Gasteiger charge is -2.03. The predicted molar refractivity (Wildman–Crippen MR) is 146 cm³/mol. The maximum absolute atomic E-state index is 6.08. The molecule has 36 heavy (non-hydrogen) atoms. The smallest absolute Gasteiger partial charge is 0.219 e. The summed E-state index contributed by atoms with van der Waals surface area (Å²) in [6, 6.07) is 16.4. The first-order chi connectivity index (χ1) is 17.5. The molecule has 4 aromatic rings. The molecule has 186 valence electrons. The molecule has 0 aliphatic rings. The number of nitrogens with two attached hydrogens (primary N) is 2. The van der Waals surface area contributed by atoms with E-state index in [0.717, 1.165) is 72.4 Å². The Morgan fingerprint density at radius 2 is 1.00 bits per heavy atom. The van der Waals surface area contributed by atoms with Crippen LogP contribution in [-0.2, 0) is 25.9 Å². The molecule has 0 radical (unpaired) electrons. The van der Waals surface area contributed by atoms with Crippen LogP contribution in [0.25, 0.3) is 12.2 Å². The highest BCUT2D eigenvalue weighted by atomic mass is 15.4. The lowest BCUT2D eigenvalue weighted by Crippen LogP contribution is -2.06. The number of nitrogen functional groups attached to an aromatic ring is 2. The second-order valence-electron chi connectivity index (χ2n) is 8.89. The van der Waals surface area contributed by atoms with Gasteiger partial charge in [0.25, 0.3) is 0 Å². The minimum atomic E-state index is 0.452. The van der Waals surface area contributed by atoms with E-state index in [4.69, 9.17) is 11.5 Å². The molecule has 0 atom stereocenters. The molecule has 0 spiro atoms. The van der Waals surface area contributed by atoms with E-state index in [2.05, 4.69) is 57.6 Å². The fourth-order valence-electron chi connectivity index (χ4n) is 4.03. The fraction of sp³-hybridized carbons (Fsp3) is 0.286. The van der Waals surface area contributed by atoms with Crippen LogP contribution >= 0.6 is 0 Å². The highest BCUT2D eigenvalue weighted by molar-refractivity contribution is 5.48. The van der Waals surface area contributed by atoms with Crippen molar-refractivity contribution in [3.05, 3.63) is 95.6 Å². The van der Waals surface area contributed by atoms with Crippen molar-refractivity contribution in [3.8, 4) is 0 Å². The third-order valence-corrected chi connectivity index (χ3v) is 6.13. The first-order valence-corrected chi connectivity index (χ1v) is 12.3. The van der Waals surface area contributed by atoms with Crippen molar-refractivity contribution < 1.29 is 0 Å². The topological polar surface area (TPSA) is 113 Å². The lowest BCUT2D eigenvalue weighted by molar-refractivity contribution is 0.607. The van der Waals surface area contributed by atoms with E-state index in [1.807, 2.05) is 36.4 Å². The Balaban J connectivity index is 1.17. The third kappa shape index (κ3) is 6.69. The zero-order valence-electron chi connectivity index (χ0n) is 20.7. The quantitative estimate of drug-likeness (QED) is 0.266. The van der Waals surface area contributed by atoms with Gasteiger partial charge in [0.05, 0.1) is 13.1 Å². The van der Waals surface area contributed by atoms with Gasteiger partial charge in [0, 0.05) is 12.8 Å². The SMILES string of the molecule is C=Cc1ccc(Cn2nc(CCCCCCc3nc(N)n(Cc4ccc(C=C)cc4)n3)nc2N)cc1. The van der Waals surface area contributed by atoms with Crippen LogP contribution in [0.1, 0.15) is 59.6 Å². The normalized spacial score (nSPS) is 11.0. The third-order valence-electron chi connectivity index (χ3n) is 6.13. The first kappa shape index (κ1) is 24.9. The van der Waals surface area contributed by atoms with Crippen LogP contribution in [0.2, 0.25) is 0 Å². The average molecular weight is 483 g/mol. The summed E-state index contributed by atoms with van der Waals surface area (Å²) in [6.07, 6.45) is 9.50. The number of unbranched alkanes of at least 4 members (excludes halogenated alkanes) is 3. The zero-order chi connectivity index (χ0) is 25.3. The van der Waals surface area contributed by atoms with Crippen molar-refractivity contribution >= 4 is 24.0 Å². The van der Waals surface area contributed by atoms with Crippen LogP contribution in [0.3, 0.4) is 0 Å². The van der Waals surface area contributed by atoms with Crippen molar-refractivity contribution in [2.75, 3.05) is 11.5 Å². The van der Waals surface area contributed by atoms with Gasteiger partial charge in [0.1, 0.15) is 0 Å². The van der Waals surface area contributed by atoms with Crippen molar-refractivity contribution in [2.45, 2.75) is 51.6 Å². The lowest BCUT2D eigenvalue weighted by atomic mass is 10.1. The van der Waals surface area contributed by atoms with Crippen LogP contribution in [0.4, 0.5) is 11.9 Å². The van der Waals surface area contributed by atoms with E-state index in [9.17, 15) is 0 Å². The van der Waals surface area contributed by atoms with E-state index in [1.54, 1.807) is 9.36 Å². The molecular weight excluding hydrogens is 448 g/mol. The second kappa shape index (κ2) is 12.0. The highest BCUT2D eigenvalue weighted by Crippen LogP contribution is 2.13. The van der Waals surface area contributed by atoms with Gasteiger partial charge in [-0.25, -0.2) is 9.36 Å². The molecule has 4 rings (SSSR count). The monoisotopic (exact) mass is 482 g/mol. The molecule has 0 saturated carbocycles. The highest BCUT2D eigenvalue weighted by Gasteiger charge is 2.09. The summed E-state index contributed by atoms with van der Waals surface area (Å²) in [6.45, 7) is 8.79. The van der Waals surface area contributed by atoms with Crippen molar-refractivity contribution in [3.63, 3.8) is 0 Å². The molecule has 2 aromatic heterocycles. The standard InChI is InChI=1S/C28H34N8/c1-3-21-11-15-23(16-12-21)19-35-27(29)31-25(33-35)9-7-5-6-8-10-26-32-28(30)36(34-26)20-24-17-13-22(4-2)14-18-24/h3-4,11-18H,1-2,5-10,19-20H2,(H2,29,31,33)(H2,30,32,34). The molecule has 8 heteroatoms. The summed E-state index contributed by atoms with van der Waals surface area (Å²) in [5.41, 5.74) is 16.6. The van der Waals surface area contributed by atoms with Gasteiger partial charge in [-0.1, -0.05) is 86.7 Å². The van der Waals surface area contributed by atoms with Gasteiger partial charge >= 0.3 is 0 Å². The molecule has 0 unspecified atom stereocenters. The number of aromatic nitrogens is 6. The van der Waals surface area contributed by atoms with Crippen LogP contribution < -0.4 is 11.5 Å². The van der Waals surface area contributed by atoms with Gasteiger partial charge in [-0.2, -0.15) is 20.2 Å². The van der Waals surface area contributed by atoms with Crippen LogP contribution in [0.15, 0.2) is 61.7 Å². The number of anilines is 2. The maximum atomic E-state index is 6.08. The summed E-state index contributed by atoms with van der Waals surface area (Å²) in [5.74, 6) is 2.50. The molecule has 0 amide bonds. The molecule has 0 aliphatic heterocycles. The Kier molecular flexibility index (Phi) is 8.28. The van der Waals surface area contributed by atoms with Gasteiger partial charge in [0.2, 0.25) is 11.9 Å². The number of rotatable bonds is 13. The number of hydrogen-bond acceptors (Lipinski definition) is 6. The van der Waals surface area contributed by atoms with E-state index < -0.39 is 0 Å². The fourth-order valence-corrected chi connectivity index (χ4v) is 4.03. The second-order valence-corrected chi connectivity index (χ2v) is 8.89. The summed E-state index contributed by atoms with van der Waals surface area (Å²) >= 11 is 0. The molecule has 0 saturated heterocycles.